The molecule has 0 unspecified atom stereocenters. The van der Waals surface area contributed by atoms with Crippen molar-refractivity contribution in [3.05, 3.63) is 57.3 Å². The summed E-state index contributed by atoms with van der Waals surface area (Å²) >= 11 is 3.43. The van der Waals surface area contributed by atoms with Crippen molar-refractivity contribution in [2.75, 3.05) is 19.5 Å². The van der Waals surface area contributed by atoms with E-state index in [0.29, 0.717) is 26.7 Å². The molecule has 0 aliphatic carbocycles. The van der Waals surface area contributed by atoms with Gasteiger partial charge in [-0.15, -0.1) is 0 Å². The summed E-state index contributed by atoms with van der Waals surface area (Å²) in [6.07, 6.45) is 3.08. The van der Waals surface area contributed by atoms with Gasteiger partial charge in [0.05, 0.1) is 24.5 Å². The Morgan fingerprint density at radius 1 is 1.12 bits per heavy atom. The van der Waals surface area contributed by atoms with Gasteiger partial charge in [-0.05, 0) is 28.1 Å². The summed E-state index contributed by atoms with van der Waals surface area (Å²) in [6, 6.07) is 8.47. The maximum absolute atomic E-state index is 11.2. The van der Waals surface area contributed by atoms with Crippen LogP contribution in [0.25, 0.3) is 10.8 Å². The monoisotopic (exact) mass is 403 g/mol. The maximum Gasteiger partial charge on any atom is 0.278 e. The summed E-state index contributed by atoms with van der Waals surface area (Å²) < 4.78 is 11.4. The van der Waals surface area contributed by atoms with Crippen LogP contribution in [-0.2, 0) is 0 Å². The second-order valence-corrected chi connectivity index (χ2v) is 5.92. The van der Waals surface area contributed by atoms with Crippen LogP contribution in [0.5, 0.6) is 11.5 Å². The number of nitrogens with zero attached hydrogens (tertiary/aromatic N) is 2. The van der Waals surface area contributed by atoms with E-state index in [1.807, 2.05) is 0 Å². The Morgan fingerprint density at radius 3 is 2.40 bits per heavy atom. The van der Waals surface area contributed by atoms with E-state index in [1.165, 1.54) is 12.3 Å². The van der Waals surface area contributed by atoms with Crippen molar-refractivity contribution >= 4 is 43.8 Å². The number of nitro benzene ring substituents is 1. The molecule has 1 heterocycles. The van der Waals surface area contributed by atoms with Gasteiger partial charge in [0.1, 0.15) is 16.0 Å². The lowest BCUT2D eigenvalue weighted by Gasteiger charge is -2.14. The van der Waals surface area contributed by atoms with Crippen LogP contribution >= 0.6 is 15.9 Å². The number of anilines is 2. The van der Waals surface area contributed by atoms with Crippen LogP contribution in [0, 0.1) is 10.1 Å². The fraction of sp³-hybridized carbons (Fsp3) is 0.118. The Labute approximate surface area is 151 Å². The zero-order chi connectivity index (χ0) is 18.0. The van der Waals surface area contributed by atoms with Crippen molar-refractivity contribution in [1.29, 1.82) is 0 Å². The fourth-order valence-corrected chi connectivity index (χ4v) is 3.09. The van der Waals surface area contributed by atoms with Gasteiger partial charge in [0, 0.05) is 47.4 Å². The van der Waals surface area contributed by atoms with E-state index < -0.39 is 4.92 Å². The zero-order valence-corrected chi connectivity index (χ0v) is 15.0. The van der Waals surface area contributed by atoms with Gasteiger partial charge in [-0.1, -0.05) is 0 Å². The van der Waals surface area contributed by atoms with Gasteiger partial charge < -0.3 is 14.8 Å². The molecule has 0 fully saturated rings. The van der Waals surface area contributed by atoms with E-state index in [2.05, 4.69) is 26.2 Å². The number of rotatable bonds is 5. The Morgan fingerprint density at radius 2 is 1.80 bits per heavy atom. The number of halogens is 1. The first-order valence-electron chi connectivity index (χ1n) is 7.24. The fourth-order valence-electron chi connectivity index (χ4n) is 2.54. The number of fused-ring (bicyclic) bond motifs is 1. The van der Waals surface area contributed by atoms with Gasteiger partial charge in [0.2, 0.25) is 0 Å². The minimum Gasteiger partial charge on any atom is -0.495 e. The third-order valence-corrected chi connectivity index (χ3v) is 4.50. The topological polar surface area (TPSA) is 86.5 Å². The highest BCUT2D eigenvalue weighted by molar-refractivity contribution is 9.10. The van der Waals surface area contributed by atoms with E-state index >= 15 is 0 Å². The standard InChI is InChI=1S/C17H14BrN3O4/c1-24-15-7-10(8-16(25-2)17(15)18)20-13-3-4-14(21(22)23)12-9-19-6-5-11(12)13/h3-9,20H,1-2H3. The summed E-state index contributed by atoms with van der Waals surface area (Å²) in [4.78, 5) is 14.8. The smallest absolute Gasteiger partial charge is 0.278 e. The molecular weight excluding hydrogens is 390 g/mol. The third kappa shape index (κ3) is 3.20. The molecule has 0 bridgehead atoms. The van der Waals surface area contributed by atoms with Gasteiger partial charge >= 0.3 is 0 Å². The molecule has 1 aromatic heterocycles. The van der Waals surface area contributed by atoms with Crippen LogP contribution in [0.15, 0.2) is 47.2 Å². The van der Waals surface area contributed by atoms with Crippen molar-refractivity contribution in [2.45, 2.75) is 0 Å². The van der Waals surface area contributed by atoms with E-state index in [0.717, 1.165) is 11.4 Å². The van der Waals surface area contributed by atoms with Gasteiger partial charge in [-0.25, -0.2) is 0 Å². The minimum absolute atomic E-state index is 0.0135. The molecule has 7 nitrogen and oxygen atoms in total. The molecule has 0 amide bonds. The Bertz CT molecular complexity index is 937. The summed E-state index contributed by atoms with van der Waals surface area (Å²) in [5.41, 5.74) is 1.46. The van der Waals surface area contributed by atoms with Crippen LogP contribution in [0.3, 0.4) is 0 Å². The first kappa shape index (κ1) is 17.0. The summed E-state index contributed by atoms with van der Waals surface area (Å²) in [7, 11) is 3.13. The molecule has 0 spiro atoms. The van der Waals surface area contributed by atoms with Crippen LogP contribution in [0.2, 0.25) is 0 Å². The number of aromatic nitrogens is 1. The Hall–Kier alpha value is -2.87. The highest BCUT2D eigenvalue weighted by Crippen LogP contribution is 2.39. The molecule has 25 heavy (non-hydrogen) atoms. The average Bonchev–Trinajstić information content (AvgIpc) is 2.62. The van der Waals surface area contributed by atoms with Crippen LogP contribution in [0.1, 0.15) is 0 Å². The Kier molecular flexibility index (Phi) is 4.71. The lowest BCUT2D eigenvalue weighted by molar-refractivity contribution is -0.383. The van der Waals surface area contributed by atoms with Crippen molar-refractivity contribution in [1.82, 2.24) is 4.98 Å². The van der Waals surface area contributed by atoms with Crippen LogP contribution < -0.4 is 14.8 Å². The molecule has 0 atom stereocenters. The molecule has 2 aromatic carbocycles. The highest BCUT2D eigenvalue weighted by Gasteiger charge is 2.15. The van der Waals surface area contributed by atoms with Crippen molar-refractivity contribution in [2.24, 2.45) is 0 Å². The zero-order valence-electron chi connectivity index (χ0n) is 13.4. The maximum atomic E-state index is 11.2. The van der Waals surface area contributed by atoms with Crippen molar-refractivity contribution < 1.29 is 14.4 Å². The number of benzene rings is 2. The third-order valence-electron chi connectivity index (χ3n) is 3.72. The number of hydrogen-bond acceptors (Lipinski definition) is 6. The number of ether oxygens (including phenoxy) is 2. The number of non-ortho nitro benzene ring substituents is 1. The predicted octanol–water partition coefficient (Wildman–Crippen LogP) is 4.67. The molecule has 8 heteroatoms. The van der Waals surface area contributed by atoms with E-state index in [4.69, 9.17) is 9.47 Å². The molecule has 0 saturated heterocycles. The number of nitro groups is 1. The first-order chi connectivity index (χ1) is 12.0. The minimum atomic E-state index is -0.417. The number of methoxy groups -OCH3 is 2. The van der Waals surface area contributed by atoms with Crippen LogP contribution in [0.4, 0.5) is 17.1 Å². The van der Waals surface area contributed by atoms with Gasteiger partial charge in [0.15, 0.2) is 0 Å². The average molecular weight is 404 g/mol. The van der Waals surface area contributed by atoms with Crippen molar-refractivity contribution in [3.8, 4) is 11.5 Å². The molecule has 1 N–H and O–H groups in total. The van der Waals surface area contributed by atoms with Crippen molar-refractivity contribution in [3.63, 3.8) is 0 Å². The largest absolute Gasteiger partial charge is 0.495 e. The molecule has 0 aliphatic rings. The van der Waals surface area contributed by atoms with E-state index in [-0.39, 0.29) is 5.69 Å². The van der Waals surface area contributed by atoms with Gasteiger partial charge in [-0.2, -0.15) is 0 Å². The summed E-state index contributed by atoms with van der Waals surface area (Å²) in [5.74, 6) is 1.21. The molecule has 3 aromatic rings. The molecule has 0 radical (unpaired) electrons. The lowest BCUT2D eigenvalue weighted by atomic mass is 10.1. The number of nitrogens with one attached hydrogen (secondary N) is 1. The first-order valence-corrected chi connectivity index (χ1v) is 8.04. The second-order valence-electron chi connectivity index (χ2n) is 5.13. The highest BCUT2D eigenvalue weighted by atomic mass is 79.9. The number of pyridine rings is 1. The second kappa shape index (κ2) is 6.94. The molecule has 128 valence electrons. The Balaban J connectivity index is 2.10. The SMILES string of the molecule is COc1cc(Nc2ccc([N+](=O)[O-])c3cnccc23)cc(OC)c1Br. The predicted molar refractivity (Wildman–Crippen MR) is 98.9 cm³/mol. The van der Waals surface area contributed by atoms with Gasteiger partial charge in [0.25, 0.3) is 5.69 Å². The summed E-state index contributed by atoms with van der Waals surface area (Å²) in [5, 5.41) is 15.6. The van der Waals surface area contributed by atoms with E-state index in [9.17, 15) is 10.1 Å². The quantitative estimate of drug-likeness (QED) is 0.492. The van der Waals surface area contributed by atoms with Gasteiger partial charge in [-0.3, -0.25) is 15.1 Å². The summed E-state index contributed by atoms with van der Waals surface area (Å²) in [6.45, 7) is 0. The normalized spacial score (nSPS) is 10.5. The van der Waals surface area contributed by atoms with Crippen LogP contribution in [-0.4, -0.2) is 24.1 Å². The molecule has 0 aliphatic heterocycles. The molecule has 3 rings (SSSR count). The lowest BCUT2D eigenvalue weighted by Crippen LogP contribution is -1.97. The molecule has 0 saturated carbocycles. The van der Waals surface area contributed by atoms with E-state index in [1.54, 1.807) is 44.7 Å². The molecular formula is C17H14BrN3O4. The number of hydrogen-bond donors (Lipinski definition) is 1.